The summed E-state index contributed by atoms with van der Waals surface area (Å²) in [5.74, 6) is -0.917. The number of rotatable bonds is 6. The Morgan fingerprint density at radius 2 is 2.04 bits per heavy atom. The van der Waals surface area contributed by atoms with Gasteiger partial charge in [0.2, 0.25) is 10.0 Å². The summed E-state index contributed by atoms with van der Waals surface area (Å²) >= 11 is 0. The van der Waals surface area contributed by atoms with Crippen LogP contribution in [0.25, 0.3) is 0 Å². The highest BCUT2D eigenvalue weighted by molar-refractivity contribution is 7.88. The van der Waals surface area contributed by atoms with E-state index in [2.05, 4.69) is 5.32 Å². The van der Waals surface area contributed by atoms with E-state index in [1.54, 1.807) is 36.4 Å². The Labute approximate surface area is 164 Å². The standard InChI is InChI=1S/C20H26N2O4S/c1-21-13-18-14-22(27(25,26)15-16-6-3-2-4-7-16)11-10-20(18,24)17-8-5-9-19(23)12-17/h2-9,12,18,21,23-24H,10-11,13-15H2,1H3/t18-,20-/m1/s1/i1D3. The van der Waals surface area contributed by atoms with E-state index in [1.165, 1.54) is 16.4 Å². The zero-order valence-corrected chi connectivity index (χ0v) is 15.7. The van der Waals surface area contributed by atoms with Crippen molar-refractivity contribution in [2.24, 2.45) is 5.92 Å². The summed E-state index contributed by atoms with van der Waals surface area (Å²) in [5.41, 5.74) is -0.390. The van der Waals surface area contributed by atoms with Crippen LogP contribution in [0, 0.1) is 5.92 Å². The van der Waals surface area contributed by atoms with E-state index in [4.69, 9.17) is 4.11 Å². The number of sulfonamides is 1. The van der Waals surface area contributed by atoms with E-state index in [1.807, 2.05) is 6.07 Å². The van der Waals surface area contributed by atoms with Gasteiger partial charge in [-0.2, -0.15) is 0 Å². The van der Waals surface area contributed by atoms with Crippen LogP contribution in [0.2, 0.25) is 0 Å². The van der Waals surface area contributed by atoms with E-state index in [9.17, 15) is 18.6 Å². The maximum absolute atomic E-state index is 13.0. The lowest BCUT2D eigenvalue weighted by atomic mass is 9.76. The molecule has 0 amide bonds. The third-order valence-electron chi connectivity index (χ3n) is 5.12. The Bertz CT molecular complexity index is 970. The molecule has 0 aliphatic carbocycles. The van der Waals surface area contributed by atoms with Crippen LogP contribution < -0.4 is 5.32 Å². The van der Waals surface area contributed by atoms with Gasteiger partial charge >= 0.3 is 0 Å². The molecule has 1 saturated heterocycles. The Kier molecular flexibility index (Phi) is 4.75. The number of hydrogen-bond donors (Lipinski definition) is 3. The molecule has 1 aliphatic rings. The van der Waals surface area contributed by atoms with Crippen LogP contribution in [0.3, 0.4) is 0 Å². The molecule has 6 nitrogen and oxygen atoms in total. The molecule has 0 bridgehead atoms. The molecule has 3 N–H and O–H groups in total. The van der Waals surface area contributed by atoms with E-state index in [-0.39, 0.29) is 37.6 Å². The number of nitrogens with zero attached hydrogens (tertiary/aromatic N) is 1. The summed E-state index contributed by atoms with van der Waals surface area (Å²) < 4.78 is 49.5. The van der Waals surface area contributed by atoms with Crippen molar-refractivity contribution >= 4 is 10.0 Å². The maximum atomic E-state index is 13.0. The van der Waals surface area contributed by atoms with E-state index in [0.717, 1.165) is 0 Å². The third-order valence-corrected chi connectivity index (χ3v) is 6.94. The van der Waals surface area contributed by atoms with Crippen LogP contribution in [-0.4, -0.2) is 49.5 Å². The summed E-state index contributed by atoms with van der Waals surface area (Å²) in [5, 5.41) is 23.7. The molecule has 1 aliphatic heterocycles. The minimum absolute atomic E-state index is 0.0254. The molecule has 27 heavy (non-hydrogen) atoms. The molecular weight excluding hydrogens is 364 g/mol. The van der Waals surface area contributed by atoms with Crippen LogP contribution in [0.15, 0.2) is 54.6 Å². The van der Waals surface area contributed by atoms with Gasteiger partial charge in [-0.15, -0.1) is 0 Å². The lowest BCUT2D eigenvalue weighted by molar-refractivity contribution is -0.0614. The summed E-state index contributed by atoms with van der Waals surface area (Å²) in [4.78, 5) is 0. The fourth-order valence-corrected chi connectivity index (χ4v) is 5.20. The molecule has 2 aromatic rings. The first kappa shape index (κ1) is 16.1. The lowest BCUT2D eigenvalue weighted by Gasteiger charge is -2.44. The van der Waals surface area contributed by atoms with Gasteiger partial charge in [-0.3, -0.25) is 0 Å². The lowest BCUT2D eigenvalue weighted by Crippen LogP contribution is -2.54. The molecule has 2 atom stereocenters. The topological polar surface area (TPSA) is 89.9 Å². The smallest absolute Gasteiger partial charge is 0.218 e. The predicted molar refractivity (Wildman–Crippen MR) is 105 cm³/mol. The van der Waals surface area contributed by atoms with Crippen molar-refractivity contribution < 1.29 is 22.7 Å². The first-order valence-corrected chi connectivity index (χ1v) is 10.4. The first-order chi connectivity index (χ1) is 14.0. The minimum Gasteiger partial charge on any atom is -0.508 e. The van der Waals surface area contributed by atoms with Gasteiger partial charge in [-0.1, -0.05) is 42.5 Å². The molecule has 1 fully saturated rings. The van der Waals surface area contributed by atoms with Gasteiger partial charge in [-0.05, 0) is 36.7 Å². The van der Waals surface area contributed by atoms with Crippen molar-refractivity contribution in [1.29, 1.82) is 0 Å². The van der Waals surface area contributed by atoms with Crippen molar-refractivity contribution in [3.05, 3.63) is 65.7 Å². The molecule has 0 spiro atoms. The minimum atomic E-state index is -3.66. The van der Waals surface area contributed by atoms with Gasteiger partial charge in [0, 0.05) is 29.7 Å². The molecule has 0 radical (unpaired) electrons. The van der Waals surface area contributed by atoms with Crippen LogP contribution >= 0.6 is 0 Å². The Hall–Kier alpha value is -1.93. The number of aliphatic hydroxyl groups is 1. The normalized spacial score (nSPS) is 26.1. The monoisotopic (exact) mass is 393 g/mol. The second-order valence-corrected chi connectivity index (χ2v) is 8.87. The zero-order chi connectivity index (χ0) is 22.0. The maximum Gasteiger partial charge on any atom is 0.218 e. The van der Waals surface area contributed by atoms with Gasteiger partial charge in [0.15, 0.2) is 0 Å². The SMILES string of the molecule is [2H]C([2H])([2H])NC[C@@H]1CN(S(=O)(=O)Cc2ccccc2)CC[C@@]1(O)c1cccc(O)c1. The molecule has 0 aromatic heterocycles. The molecule has 1 heterocycles. The van der Waals surface area contributed by atoms with Gasteiger partial charge in [0.1, 0.15) is 5.75 Å². The number of phenols is 1. The quantitative estimate of drug-likeness (QED) is 0.694. The van der Waals surface area contributed by atoms with Gasteiger partial charge in [-0.25, -0.2) is 12.7 Å². The molecule has 7 heteroatoms. The molecule has 0 saturated carbocycles. The van der Waals surface area contributed by atoms with E-state index >= 15 is 0 Å². The Morgan fingerprint density at radius 1 is 1.26 bits per heavy atom. The van der Waals surface area contributed by atoms with Gasteiger partial charge < -0.3 is 15.5 Å². The number of hydrogen-bond acceptors (Lipinski definition) is 5. The molecule has 146 valence electrons. The summed E-state index contributed by atoms with van der Waals surface area (Å²) in [6, 6.07) is 15.0. The fourth-order valence-electron chi connectivity index (χ4n) is 3.63. The highest BCUT2D eigenvalue weighted by Gasteiger charge is 2.45. The largest absolute Gasteiger partial charge is 0.508 e. The second kappa shape index (κ2) is 7.98. The summed E-state index contributed by atoms with van der Waals surface area (Å²) in [6.45, 7) is -2.49. The number of piperidine rings is 1. The fraction of sp³-hybridized carbons (Fsp3) is 0.400. The van der Waals surface area contributed by atoms with E-state index < -0.39 is 28.5 Å². The van der Waals surface area contributed by atoms with Crippen molar-refractivity contribution in [2.45, 2.75) is 17.8 Å². The number of aromatic hydroxyl groups is 1. The highest BCUT2D eigenvalue weighted by Crippen LogP contribution is 2.39. The zero-order valence-electron chi connectivity index (χ0n) is 17.9. The molecular formula is C20H26N2O4S. The van der Waals surface area contributed by atoms with Crippen molar-refractivity contribution in [2.75, 3.05) is 26.6 Å². The number of benzene rings is 2. The van der Waals surface area contributed by atoms with Crippen LogP contribution in [0.5, 0.6) is 5.75 Å². The average Bonchev–Trinajstić information content (AvgIpc) is 2.67. The van der Waals surface area contributed by atoms with Gasteiger partial charge in [0.05, 0.1) is 11.4 Å². The first-order valence-electron chi connectivity index (χ1n) is 10.3. The molecule has 2 aromatic carbocycles. The molecule has 3 rings (SSSR count). The van der Waals surface area contributed by atoms with Crippen LogP contribution in [0.4, 0.5) is 0 Å². The summed E-state index contributed by atoms with van der Waals surface area (Å²) in [6.07, 6.45) is 0.0812. The van der Waals surface area contributed by atoms with Crippen molar-refractivity contribution in [3.8, 4) is 5.75 Å². The highest BCUT2D eigenvalue weighted by atomic mass is 32.2. The second-order valence-electron chi connectivity index (χ2n) is 6.90. The number of nitrogens with one attached hydrogen (secondary N) is 1. The van der Waals surface area contributed by atoms with Gasteiger partial charge in [0.25, 0.3) is 0 Å². The van der Waals surface area contributed by atoms with Crippen LogP contribution in [0.1, 0.15) is 21.7 Å². The van der Waals surface area contributed by atoms with E-state index in [0.29, 0.717) is 11.1 Å². The summed E-state index contributed by atoms with van der Waals surface area (Å²) in [7, 11) is -3.66. The Morgan fingerprint density at radius 3 is 2.74 bits per heavy atom. The average molecular weight is 394 g/mol. The van der Waals surface area contributed by atoms with Crippen molar-refractivity contribution in [3.63, 3.8) is 0 Å². The number of phenolic OH excluding ortho intramolecular Hbond substituents is 1. The molecule has 0 unspecified atom stereocenters. The van der Waals surface area contributed by atoms with Crippen molar-refractivity contribution in [1.82, 2.24) is 9.62 Å². The Balaban J connectivity index is 1.86. The third kappa shape index (κ3) is 4.32. The van der Waals surface area contributed by atoms with Crippen LogP contribution in [-0.2, 0) is 21.4 Å². The predicted octanol–water partition coefficient (Wildman–Crippen LogP) is 1.65.